The molecule has 3 nitrogen and oxygen atoms in total. The number of carbonyl (C=O) groups is 1. The Labute approximate surface area is 106 Å². The molecule has 0 amide bonds. The van der Waals surface area contributed by atoms with Gasteiger partial charge in [-0.15, -0.1) is 0 Å². The van der Waals surface area contributed by atoms with Gasteiger partial charge in [-0.25, -0.2) is 0 Å². The summed E-state index contributed by atoms with van der Waals surface area (Å²) in [6.45, 7) is 0. The Morgan fingerprint density at radius 3 is 2.94 bits per heavy atom. The number of hydrogen-bond acceptors (Lipinski definition) is 2. The summed E-state index contributed by atoms with van der Waals surface area (Å²) in [7, 11) is 0. The van der Waals surface area contributed by atoms with Crippen LogP contribution in [0.1, 0.15) is 42.0 Å². The molecular formula is C13H16ClNO2. The van der Waals surface area contributed by atoms with E-state index in [-0.39, 0.29) is 12.5 Å². The number of aliphatic carboxylic acids is 1. The van der Waals surface area contributed by atoms with E-state index in [0.29, 0.717) is 11.4 Å². The van der Waals surface area contributed by atoms with Crippen LogP contribution in [-0.2, 0) is 17.6 Å². The van der Waals surface area contributed by atoms with Gasteiger partial charge in [-0.05, 0) is 54.5 Å². The molecule has 0 saturated carbocycles. The van der Waals surface area contributed by atoms with E-state index in [0.717, 1.165) is 24.8 Å². The quantitative estimate of drug-likeness (QED) is 0.867. The Morgan fingerprint density at radius 2 is 2.24 bits per heavy atom. The first-order chi connectivity index (χ1) is 8.08. The number of carboxylic acids is 1. The predicted molar refractivity (Wildman–Crippen MR) is 67.3 cm³/mol. The molecular weight excluding hydrogens is 238 g/mol. The largest absolute Gasteiger partial charge is 0.481 e. The van der Waals surface area contributed by atoms with Gasteiger partial charge in [-0.3, -0.25) is 4.79 Å². The fourth-order valence-corrected chi connectivity index (χ4v) is 2.71. The van der Waals surface area contributed by atoms with Gasteiger partial charge in [0.1, 0.15) is 0 Å². The highest BCUT2D eigenvalue weighted by Crippen LogP contribution is 2.32. The monoisotopic (exact) mass is 253 g/mol. The van der Waals surface area contributed by atoms with Gasteiger partial charge in [0.2, 0.25) is 0 Å². The second-order valence-electron chi connectivity index (χ2n) is 4.53. The number of benzene rings is 1. The molecule has 0 radical (unpaired) electrons. The number of aryl methyl sites for hydroxylation is 1. The molecule has 1 atom stereocenters. The van der Waals surface area contributed by atoms with Crippen molar-refractivity contribution in [1.82, 2.24) is 0 Å². The lowest BCUT2D eigenvalue weighted by Crippen LogP contribution is -2.14. The number of halogens is 1. The van der Waals surface area contributed by atoms with Crippen molar-refractivity contribution in [3.8, 4) is 0 Å². The molecule has 1 aromatic carbocycles. The molecule has 1 unspecified atom stereocenters. The number of fused-ring (bicyclic) bond motifs is 1. The maximum Gasteiger partial charge on any atom is 0.303 e. The summed E-state index contributed by atoms with van der Waals surface area (Å²) in [5.74, 6) is -0.806. The lowest BCUT2D eigenvalue weighted by atomic mass is 9.95. The molecule has 0 aromatic heterocycles. The van der Waals surface area contributed by atoms with E-state index in [9.17, 15) is 4.79 Å². The Kier molecular flexibility index (Phi) is 3.69. The average Bonchev–Trinajstić information content (AvgIpc) is 2.72. The van der Waals surface area contributed by atoms with E-state index in [1.165, 1.54) is 11.1 Å². The minimum Gasteiger partial charge on any atom is -0.481 e. The molecule has 0 fully saturated rings. The zero-order chi connectivity index (χ0) is 12.4. The summed E-state index contributed by atoms with van der Waals surface area (Å²) >= 11 is 6.06. The number of rotatable bonds is 4. The Bertz CT molecular complexity index is 445. The maximum absolute atomic E-state index is 10.6. The third-order valence-corrected chi connectivity index (χ3v) is 3.50. The van der Waals surface area contributed by atoms with Crippen LogP contribution in [-0.4, -0.2) is 11.1 Å². The first-order valence-corrected chi connectivity index (χ1v) is 6.24. The van der Waals surface area contributed by atoms with Crippen molar-refractivity contribution in [2.24, 2.45) is 5.73 Å². The van der Waals surface area contributed by atoms with Crippen LogP contribution in [0.15, 0.2) is 12.1 Å². The van der Waals surface area contributed by atoms with Crippen LogP contribution in [0.25, 0.3) is 0 Å². The van der Waals surface area contributed by atoms with E-state index in [1.54, 1.807) is 0 Å². The third-order valence-electron chi connectivity index (χ3n) is 3.28. The third kappa shape index (κ3) is 2.79. The van der Waals surface area contributed by atoms with E-state index in [2.05, 4.69) is 0 Å². The second-order valence-corrected chi connectivity index (χ2v) is 4.96. The molecule has 4 heteroatoms. The average molecular weight is 254 g/mol. The highest BCUT2D eigenvalue weighted by molar-refractivity contribution is 6.30. The van der Waals surface area contributed by atoms with Gasteiger partial charge in [-0.2, -0.15) is 0 Å². The van der Waals surface area contributed by atoms with Crippen LogP contribution in [0, 0.1) is 0 Å². The summed E-state index contributed by atoms with van der Waals surface area (Å²) < 4.78 is 0. The fraction of sp³-hybridized carbons (Fsp3) is 0.462. The van der Waals surface area contributed by atoms with Crippen LogP contribution in [0.3, 0.4) is 0 Å². The Hall–Kier alpha value is -1.06. The van der Waals surface area contributed by atoms with Crippen LogP contribution >= 0.6 is 11.6 Å². The van der Waals surface area contributed by atoms with Crippen molar-refractivity contribution in [3.05, 3.63) is 33.8 Å². The molecule has 1 aliphatic carbocycles. The summed E-state index contributed by atoms with van der Waals surface area (Å²) in [6, 6.07) is 3.66. The van der Waals surface area contributed by atoms with Crippen LogP contribution < -0.4 is 5.73 Å². The summed E-state index contributed by atoms with van der Waals surface area (Å²) in [5, 5.41) is 9.38. The normalized spacial score (nSPS) is 15.6. The topological polar surface area (TPSA) is 63.3 Å². The molecule has 3 N–H and O–H groups in total. The van der Waals surface area contributed by atoms with Gasteiger partial charge in [-0.1, -0.05) is 11.6 Å². The molecule has 0 aliphatic heterocycles. The Morgan fingerprint density at radius 1 is 1.47 bits per heavy atom. The van der Waals surface area contributed by atoms with Gasteiger partial charge in [0, 0.05) is 17.5 Å². The smallest absolute Gasteiger partial charge is 0.303 e. The van der Waals surface area contributed by atoms with E-state index in [4.69, 9.17) is 22.4 Å². The van der Waals surface area contributed by atoms with Crippen molar-refractivity contribution in [2.75, 3.05) is 0 Å². The molecule has 1 aliphatic rings. The van der Waals surface area contributed by atoms with Crippen molar-refractivity contribution < 1.29 is 9.90 Å². The standard InChI is InChI=1S/C13H16ClNO2/c14-9-6-8-2-1-3-10(8)11(7-9)12(15)4-5-13(16)17/h6-7,12H,1-5,15H2,(H,16,17). The molecule has 92 valence electrons. The molecule has 0 bridgehead atoms. The summed E-state index contributed by atoms with van der Waals surface area (Å²) in [5.41, 5.74) is 9.66. The van der Waals surface area contributed by atoms with Crippen molar-refractivity contribution >= 4 is 17.6 Å². The number of carboxylic acid groups (broad SMARTS) is 1. The molecule has 0 heterocycles. The number of nitrogens with two attached hydrogens (primary N) is 1. The van der Waals surface area contributed by atoms with Crippen molar-refractivity contribution in [2.45, 2.75) is 38.1 Å². The highest BCUT2D eigenvalue weighted by atomic mass is 35.5. The zero-order valence-corrected chi connectivity index (χ0v) is 10.3. The lowest BCUT2D eigenvalue weighted by Gasteiger charge is -2.16. The Balaban J connectivity index is 2.22. The zero-order valence-electron chi connectivity index (χ0n) is 9.58. The van der Waals surface area contributed by atoms with Crippen molar-refractivity contribution in [3.63, 3.8) is 0 Å². The van der Waals surface area contributed by atoms with Crippen molar-refractivity contribution in [1.29, 1.82) is 0 Å². The fourth-order valence-electron chi connectivity index (χ4n) is 2.47. The maximum atomic E-state index is 10.6. The van der Waals surface area contributed by atoms with Gasteiger partial charge in [0.15, 0.2) is 0 Å². The predicted octanol–water partition coefficient (Wildman–Crippen LogP) is 2.69. The number of hydrogen-bond donors (Lipinski definition) is 2. The van der Waals surface area contributed by atoms with Gasteiger partial charge >= 0.3 is 5.97 Å². The minimum atomic E-state index is -0.806. The highest BCUT2D eigenvalue weighted by Gasteiger charge is 2.20. The summed E-state index contributed by atoms with van der Waals surface area (Å²) in [4.78, 5) is 10.6. The van der Waals surface area contributed by atoms with Crippen LogP contribution in [0.5, 0.6) is 0 Å². The van der Waals surface area contributed by atoms with Gasteiger partial charge < -0.3 is 10.8 Å². The molecule has 0 spiro atoms. The second kappa shape index (κ2) is 5.07. The van der Waals surface area contributed by atoms with Gasteiger partial charge in [0.25, 0.3) is 0 Å². The molecule has 1 aromatic rings. The first-order valence-electron chi connectivity index (χ1n) is 5.86. The van der Waals surface area contributed by atoms with Crippen LogP contribution in [0.2, 0.25) is 5.02 Å². The van der Waals surface area contributed by atoms with E-state index >= 15 is 0 Å². The van der Waals surface area contributed by atoms with Crippen LogP contribution in [0.4, 0.5) is 0 Å². The van der Waals surface area contributed by atoms with E-state index < -0.39 is 5.97 Å². The SMILES string of the molecule is NC(CCC(=O)O)c1cc(Cl)cc2c1CCC2. The summed E-state index contributed by atoms with van der Waals surface area (Å²) in [6.07, 6.45) is 3.77. The molecule has 2 rings (SSSR count). The van der Waals surface area contributed by atoms with E-state index in [1.807, 2.05) is 12.1 Å². The lowest BCUT2D eigenvalue weighted by molar-refractivity contribution is -0.137. The first kappa shape index (κ1) is 12.4. The van der Waals surface area contributed by atoms with Gasteiger partial charge in [0.05, 0.1) is 0 Å². The molecule has 17 heavy (non-hydrogen) atoms. The minimum absolute atomic E-state index is 0.0997. The molecule has 0 saturated heterocycles.